The number of carbonyl (C=O) groups is 1. The molecule has 0 radical (unpaired) electrons. The van der Waals surface area contributed by atoms with Gasteiger partial charge in [0, 0.05) is 0 Å². The molecule has 0 spiro atoms. The summed E-state index contributed by atoms with van der Waals surface area (Å²) in [6, 6.07) is 4.87. The van der Waals surface area contributed by atoms with Gasteiger partial charge in [0.2, 0.25) is 0 Å². The first-order valence-electron chi connectivity index (χ1n) is 5.28. The van der Waals surface area contributed by atoms with Crippen LogP contribution in [0.4, 0.5) is 5.69 Å². The van der Waals surface area contributed by atoms with E-state index in [1.807, 2.05) is 6.92 Å². The Balaban J connectivity index is 2.89. The van der Waals surface area contributed by atoms with Gasteiger partial charge in [-0.1, -0.05) is 0 Å². The van der Waals surface area contributed by atoms with Gasteiger partial charge in [0.25, 0.3) is 0 Å². The molecule has 0 unspecified atom stereocenters. The first kappa shape index (κ1) is 12.4. The maximum Gasteiger partial charge on any atom is 0.338 e. The molecule has 88 valence electrons. The van der Waals surface area contributed by atoms with Gasteiger partial charge in [-0.15, -0.1) is 0 Å². The molecule has 4 nitrogen and oxygen atoms in total. The monoisotopic (exact) mass is 223 g/mol. The van der Waals surface area contributed by atoms with Crippen LogP contribution in [0.5, 0.6) is 5.75 Å². The van der Waals surface area contributed by atoms with Crippen LogP contribution in [0.2, 0.25) is 0 Å². The molecule has 1 aromatic carbocycles. The number of hydrogen-bond acceptors (Lipinski definition) is 4. The lowest BCUT2D eigenvalue weighted by atomic mass is 10.2. The Labute approximate surface area is 95.3 Å². The SMILES string of the molecule is CCOc1cc(C(=O)OC(C)C)ccc1N. The summed E-state index contributed by atoms with van der Waals surface area (Å²) < 4.78 is 10.4. The van der Waals surface area contributed by atoms with E-state index in [0.717, 1.165) is 0 Å². The summed E-state index contributed by atoms with van der Waals surface area (Å²) in [6.07, 6.45) is -0.138. The Morgan fingerprint density at radius 1 is 1.44 bits per heavy atom. The van der Waals surface area contributed by atoms with Crippen LogP contribution >= 0.6 is 0 Å². The van der Waals surface area contributed by atoms with E-state index in [2.05, 4.69) is 0 Å². The molecule has 1 aromatic rings. The molecule has 2 N–H and O–H groups in total. The van der Waals surface area contributed by atoms with Crippen molar-refractivity contribution >= 4 is 11.7 Å². The Bertz CT molecular complexity index is 375. The van der Waals surface area contributed by atoms with Crippen molar-refractivity contribution in [3.8, 4) is 5.75 Å². The average molecular weight is 223 g/mol. The molecule has 0 saturated carbocycles. The summed E-state index contributed by atoms with van der Waals surface area (Å²) in [5.41, 5.74) is 6.67. The molecule has 0 aliphatic rings. The highest BCUT2D eigenvalue weighted by atomic mass is 16.5. The van der Waals surface area contributed by atoms with Gasteiger partial charge in [-0.25, -0.2) is 4.79 Å². The summed E-state index contributed by atoms with van der Waals surface area (Å²) in [5, 5.41) is 0. The van der Waals surface area contributed by atoms with Crippen molar-refractivity contribution in [3.63, 3.8) is 0 Å². The van der Waals surface area contributed by atoms with Gasteiger partial charge >= 0.3 is 5.97 Å². The summed E-state index contributed by atoms with van der Waals surface area (Å²) in [6.45, 7) is 5.97. The van der Waals surface area contributed by atoms with Crippen molar-refractivity contribution in [1.82, 2.24) is 0 Å². The van der Waals surface area contributed by atoms with Crippen molar-refractivity contribution in [3.05, 3.63) is 23.8 Å². The van der Waals surface area contributed by atoms with Crippen molar-refractivity contribution in [1.29, 1.82) is 0 Å². The fourth-order valence-corrected chi connectivity index (χ4v) is 1.22. The number of nitrogens with two attached hydrogens (primary N) is 1. The molecular formula is C12H17NO3. The van der Waals surface area contributed by atoms with Gasteiger partial charge in [-0.2, -0.15) is 0 Å². The van der Waals surface area contributed by atoms with Gasteiger partial charge in [-0.05, 0) is 39.0 Å². The Morgan fingerprint density at radius 3 is 2.69 bits per heavy atom. The number of ether oxygens (including phenoxy) is 2. The van der Waals surface area contributed by atoms with E-state index in [-0.39, 0.29) is 12.1 Å². The quantitative estimate of drug-likeness (QED) is 0.628. The molecule has 0 fully saturated rings. The van der Waals surface area contributed by atoms with Crippen LogP contribution < -0.4 is 10.5 Å². The van der Waals surface area contributed by atoms with Crippen LogP contribution in [0, 0.1) is 0 Å². The average Bonchev–Trinajstić information content (AvgIpc) is 2.20. The van der Waals surface area contributed by atoms with Crippen molar-refractivity contribution < 1.29 is 14.3 Å². The fraction of sp³-hybridized carbons (Fsp3) is 0.417. The Hall–Kier alpha value is -1.71. The molecule has 0 saturated heterocycles. The van der Waals surface area contributed by atoms with Crippen molar-refractivity contribution in [2.24, 2.45) is 0 Å². The topological polar surface area (TPSA) is 61.5 Å². The summed E-state index contributed by atoms with van der Waals surface area (Å²) in [5.74, 6) is 0.150. The van der Waals surface area contributed by atoms with Crippen LogP contribution in [0.3, 0.4) is 0 Å². The molecule has 0 aliphatic heterocycles. The first-order chi connectivity index (χ1) is 7.54. The fourth-order valence-electron chi connectivity index (χ4n) is 1.22. The van der Waals surface area contributed by atoms with E-state index in [4.69, 9.17) is 15.2 Å². The van der Waals surface area contributed by atoms with Gasteiger partial charge in [0.05, 0.1) is 24.0 Å². The lowest BCUT2D eigenvalue weighted by molar-refractivity contribution is 0.0377. The lowest BCUT2D eigenvalue weighted by Gasteiger charge is -2.10. The second kappa shape index (κ2) is 5.39. The zero-order valence-electron chi connectivity index (χ0n) is 9.82. The van der Waals surface area contributed by atoms with Crippen LogP contribution in [0.1, 0.15) is 31.1 Å². The molecule has 0 aromatic heterocycles. The van der Waals surface area contributed by atoms with Crippen molar-refractivity contribution in [2.75, 3.05) is 12.3 Å². The molecule has 16 heavy (non-hydrogen) atoms. The van der Waals surface area contributed by atoms with E-state index in [0.29, 0.717) is 23.6 Å². The zero-order chi connectivity index (χ0) is 12.1. The van der Waals surface area contributed by atoms with E-state index in [1.165, 1.54) is 0 Å². The van der Waals surface area contributed by atoms with E-state index in [1.54, 1.807) is 32.0 Å². The third-order valence-corrected chi connectivity index (χ3v) is 1.89. The van der Waals surface area contributed by atoms with Crippen LogP contribution in [-0.2, 0) is 4.74 Å². The predicted molar refractivity (Wildman–Crippen MR) is 62.6 cm³/mol. The van der Waals surface area contributed by atoms with Gasteiger partial charge in [-0.3, -0.25) is 0 Å². The normalized spacial score (nSPS) is 10.2. The Kier molecular flexibility index (Phi) is 4.17. The highest BCUT2D eigenvalue weighted by Crippen LogP contribution is 2.23. The summed E-state index contributed by atoms with van der Waals surface area (Å²) in [4.78, 5) is 11.6. The largest absolute Gasteiger partial charge is 0.492 e. The minimum Gasteiger partial charge on any atom is -0.492 e. The van der Waals surface area contributed by atoms with Gasteiger partial charge in [0.15, 0.2) is 0 Å². The van der Waals surface area contributed by atoms with Gasteiger partial charge < -0.3 is 15.2 Å². The van der Waals surface area contributed by atoms with E-state index in [9.17, 15) is 4.79 Å². The first-order valence-corrected chi connectivity index (χ1v) is 5.28. The third kappa shape index (κ3) is 3.15. The lowest BCUT2D eigenvalue weighted by Crippen LogP contribution is -2.12. The van der Waals surface area contributed by atoms with Crippen molar-refractivity contribution in [2.45, 2.75) is 26.9 Å². The number of anilines is 1. The third-order valence-electron chi connectivity index (χ3n) is 1.89. The van der Waals surface area contributed by atoms with Crippen LogP contribution in [0.15, 0.2) is 18.2 Å². The maximum atomic E-state index is 11.6. The standard InChI is InChI=1S/C12H17NO3/c1-4-15-11-7-9(5-6-10(11)13)12(14)16-8(2)3/h5-8H,4,13H2,1-3H3. The van der Waals surface area contributed by atoms with E-state index < -0.39 is 0 Å². The molecule has 0 amide bonds. The number of rotatable bonds is 4. The van der Waals surface area contributed by atoms with E-state index >= 15 is 0 Å². The molecule has 4 heteroatoms. The van der Waals surface area contributed by atoms with Crippen LogP contribution in [0.25, 0.3) is 0 Å². The number of esters is 1. The summed E-state index contributed by atoms with van der Waals surface area (Å²) >= 11 is 0. The maximum absolute atomic E-state index is 11.6. The van der Waals surface area contributed by atoms with Crippen LogP contribution in [-0.4, -0.2) is 18.7 Å². The second-order valence-corrected chi connectivity index (χ2v) is 3.64. The number of nitrogen functional groups attached to an aromatic ring is 1. The zero-order valence-corrected chi connectivity index (χ0v) is 9.82. The summed E-state index contributed by atoms with van der Waals surface area (Å²) in [7, 11) is 0. The molecule has 0 aliphatic carbocycles. The molecule has 0 bridgehead atoms. The number of hydrogen-bond donors (Lipinski definition) is 1. The highest BCUT2D eigenvalue weighted by Gasteiger charge is 2.11. The van der Waals surface area contributed by atoms with Gasteiger partial charge in [0.1, 0.15) is 5.75 Å². The second-order valence-electron chi connectivity index (χ2n) is 3.64. The number of benzene rings is 1. The molecule has 1 rings (SSSR count). The smallest absolute Gasteiger partial charge is 0.338 e. The molecular weight excluding hydrogens is 206 g/mol. The predicted octanol–water partition coefficient (Wildman–Crippen LogP) is 2.23. The number of carbonyl (C=O) groups excluding carboxylic acids is 1. The highest BCUT2D eigenvalue weighted by molar-refractivity contribution is 5.90. The minimum absolute atomic E-state index is 0.138. The Morgan fingerprint density at radius 2 is 2.12 bits per heavy atom. The minimum atomic E-state index is -0.365. The molecule has 0 atom stereocenters. The molecule has 0 heterocycles.